The molecule has 1 amide bonds. The fraction of sp³-hybridized carbons (Fsp3) is 0.500. The van der Waals surface area contributed by atoms with E-state index in [9.17, 15) is 4.79 Å². The molecule has 3 N–H and O–H groups in total. The first-order valence-corrected chi connectivity index (χ1v) is 6.94. The summed E-state index contributed by atoms with van der Waals surface area (Å²) >= 11 is 6.09. The number of hydrogen-bond acceptors (Lipinski definition) is 3. The van der Waals surface area contributed by atoms with E-state index >= 15 is 0 Å². The monoisotopic (exact) mass is 317 g/mol. The average molecular weight is 318 g/mol. The first kappa shape index (κ1) is 17.2. The van der Waals surface area contributed by atoms with Crippen LogP contribution in [-0.4, -0.2) is 37.0 Å². The molecule has 0 saturated carbocycles. The Kier molecular flexibility index (Phi) is 6.76. The first-order chi connectivity index (χ1) is 9.08. The maximum atomic E-state index is 12.0. The van der Waals surface area contributed by atoms with Crippen molar-refractivity contribution in [2.75, 3.05) is 31.5 Å². The highest BCUT2D eigenvalue weighted by Crippen LogP contribution is 2.23. The Morgan fingerprint density at radius 1 is 1.55 bits per heavy atom. The minimum atomic E-state index is -0.0246. The molecule has 0 radical (unpaired) electrons. The number of likely N-dealkylation sites (tertiary alicyclic amines) is 1. The van der Waals surface area contributed by atoms with Gasteiger partial charge in [0.15, 0.2) is 0 Å². The summed E-state index contributed by atoms with van der Waals surface area (Å²) in [5.41, 5.74) is 7.39. The standard InChI is InChI=1S/C14H20ClN3O.ClH/c1-10-2-3-13(12(15)6-10)17-14(19)9-18-5-4-11(7-16)8-18;/h2-3,6,11H,4-5,7-9,16H2,1H3,(H,17,19);1H. The number of anilines is 1. The van der Waals surface area contributed by atoms with E-state index in [1.807, 2.05) is 25.1 Å². The van der Waals surface area contributed by atoms with Crippen molar-refractivity contribution in [3.05, 3.63) is 28.8 Å². The summed E-state index contributed by atoms with van der Waals surface area (Å²) in [7, 11) is 0. The van der Waals surface area contributed by atoms with Crippen LogP contribution in [0.1, 0.15) is 12.0 Å². The van der Waals surface area contributed by atoms with E-state index in [0.29, 0.717) is 29.7 Å². The van der Waals surface area contributed by atoms with Gasteiger partial charge in [-0.05, 0) is 50.0 Å². The zero-order valence-corrected chi connectivity index (χ0v) is 13.1. The predicted molar refractivity (Wildman–Crippen MR) is 85.7 cm³/mol. The molecule has 1 aromatic carbocycles. The lowest BCUT2D eigenvalue weighted by Crippen LogP contribution is -2.32. The molecule has 0 aromatic heterocycles. The Labute approximate surface area is 131 Å². The Balaban J connectivity index is 0.00000200. The molecule has 0 aliphatic carbocycles. The van der Waals surface area contributed by atoms with Gasteiger partial charge in [0, 0.05) is 6.54 Å². The van der Waals surface area contributed by atoms with Crippen molar-refractivity contribution in [1.82, 2.24) is 4.90 Å². The van der Waals surface area contributed by atoms with Crippen LogP contribution >= 0.6 is 24.0 Å². The van der Waals surface area contributed by atoms with Crippen molar-refractivity contribution in [2.24, 2.45) is 11.7 Å². The second-order valence-electron chi connectivity index (χ2n) is 5.16. The van der Waals surface area contributed by atoms with Gasteiger partial charge in [-0.2, -0.15) is 0 Å². The van der Waals surface area contributed by atoms with Crippen LogP contribution in [0.15, 0.2) is 18.2 Å². The van der Waals surface area contributed by atoms with E-state index in [-0.39, 0.29) is 18.3 Å². The number of hydrogen-bond donors (Lipinski definition) is 2. The van der Waals surface area contributed by atoms with Gasteiger partial charge in [-0.3, -0.25) is 9.69 Å². The molecule has 20 heavy (non-hydrogen) atoms. The minimum absolute atomic E-state index is 0. The van der Waals surface area contributed by atoms with E-state index in [0.717, 1.165) is 25.1 Å². The number of carbonyl (C=O) groups excluding carboxylic acids is 1. The minimum Gasteiger partial charge on any atom is -0.330 e. The molecular weight excluding hydrogens is 297 g/mol. The van der Waals surface area contributed by atoms with Crippen LogP contribution in [0.3, 0.4) is 0 Å². The molecule has 4 nitrogen and oxygen atoms in total. The molecule has 1 unspecified atom stereocenters. The van der Waals surface area contributed by atoms with Crippen LogP contribution in [0, 0.1) is 12.8 Å². The quantitative estimate of drug-likeness (QED) is 0.895. The number of halogens is 2. The van der Waals surface area contributed by atoms with E-state index in [2.05, 4.69) is 10.2 Å². The third-order valence-corrected chi connectivity index (χ3v) is 3.78. The second-order valence-corrected chi connectivity index (χ2v) is 5.56. The molecule has 1 fully saturated rings. The van der Waals surface area contributed by atoms with Crippen LogP contribution in [0.2, 0.25) is 5.02 Å². The summed E-state index contributed by atoms with van der Waals surface area (Å²) in [5.74, 6) is 0.499. The van der Waals surface area contributed by atoms with Crippen molar-refractivity contribution in [3.8, 4) is 0 Å². The average Bonchev–Trinajstić information content (AvgIpc) is 2.80. The summed E-state index contributed by atoms with van der Waals surface area (Å²) in [6.07, 6.45) is 1.08. The topological polar surface area (TPSA) is 58.4 Å². The zero-order chi connectivity index (χ0) is 13.8. The van der Waals surface area contributed by atoms with Gasteiger partial charge in [-0.25, -0.2) is 0 Å². The Morgan fingerprint density at radius 3 is 2.90 bits per heavy atom. The van der Waals surface area contributed by atoms with Crippen LogP contribution < -0.4 is 11.1 Å². The largest absolute Gasteiger partial charge is 0.330 e. The number of nitrogens with zero attached hydrogens (tertiary/aromatic N) is 1. The molecule has 1 aromatic rings. The summed E-state index contributed by atoms with van der Waals surface area (Å²) in [6.45, 7) is 4.92. The lowest BCUT2D eigenvalue weighted by atomic mass is 10.1. The van der Waals surface area contributed by atoms with Crippen molar-refractivity contribution in [1.29, 1.82) is 0 Å². The van der Waals surface area contributed by atoms with Gasteiger partial charge >= 0.3 is 0 Å². The smallest absolute Gasteiger partial charge is 0.238 e. The molecule has 112 valence electrons. The fourth-order valence-corrected chi connectivity index (χ4v) is 2.65. The lowest BCUT2D eigenvalue weighted by molar-refractivity contribution is -0.117. The zero-order valence-electron chi connectivity index (χ0n) is 11.6. The summed E-state index contributed by atoms with van der Waals surface area (Å²) in [5, 5.41) is 3.43. The molecule has 2 rings (SSSR count). The molecule has 1 heterocycles. The summed E-state index contributed by atoms with van der Waals surface area (Å²) in [4.78, 5) is 14.1. The van der Waals surface area contributed by atoms with Crippen LogP contribution in [-0.2, 0) is 4.79 Å². The maximum Gasteiger partial charge on any atom is 0.238 e. The summed E-state index contributed by atoms with van der Waals surface area (Å²) in [6, 6.07) is 5.61. The summed E-state index contributed by atoms with van der Waals surface area (Å²) < 4.78 is 0. The molecular formula is C14H21Cl2N3O. The lowest BCUT2D eigenvalue weighted by Gasteiger charge is -2.15. The molecule has 0 spiro atoms. The van der Waals surface area contributed by atoms with E-state index < -0.39 is 0 Å². The molecule has 1 aliphatic heterocycles. The van der Waals surface area contributed by atoms with Crippen molar-refractivity contribution >= 4 is 35.6 Å². The molecule has 6 heteroatoms. The highest BCUT2D eigenvalue weighted by atomic mass is 35.5. The normalized spacial score (nSPS) is 18.6. The molecule has 1 saturated heterocycles. The molecule has 1 atom stereocenters. The molecule has 1 aliphatic rings. The van der Waals surface area contributed by atoms with Gasteiger partial charge in [0.1, 0.15) is 0 Å². The van der Waals surface area contributed by atoms with Gasteiger partial charge < -0.3 is 11.1 Å². The van der Waals surface area contributed by atoms with Crippen LogP contribution in [0.4, 0.5) is 5.69 Å². The maximum absolute atomic E-state index is 12.0. The van der Waals surface area contributed by atoms with Crippen molar-refractivity contribution < 1.29 is 4.79 Å². The number of aryl methyl sites for hydroxylation is 1. The van der Waals surface area contributed by atoms with Gasteiger partial charge in [0.2, 0.25) is 5.91 Å². The van der Waals surface area contributed by atoms with Gasteiger partial charge in [-0.1, -0.05) is 17.7 Å². The van der Waals surface area contributed by atoms with E-state index in [1.54, 1.807) is 0 Å². The number of carbonyl (C=O) groups is 1. The first-order valence-electron chi connectivity index (χ1n) is 6.57. The Hall–Kier alpha value is -0.810. The van der Waals surface area contributed by atoms with Crippen molar-refractivity contribution in [2.45, 2.75) is 13.3 Å². The third-order valence-electron chi connectivity index (χ3n) is 3.47. The van der Waals surface area contributed by atoms with Crippen molar-refractivity contribution in [3.63, 3.8) is 0 Å². The van der Waals surface area contributed by atoms with Gasteiger partial charge in [-0.15, -0.1) is 12.4 Å². The SMILES string of the molecule is Cc1ccc(NC(=O)CN2CCC(CN)C2)c(Cl)c1.Cl. The number of rotatable bonds is 4. The van der Waals surface area contributed by atoms with E-state index in [1.165, 1.54) is 0 Å². The van der Waals surface area contributed by atoms with Crippen LogP contribution in [0.5, 0.6) is 0 Å². The Bertz CT molecular complexity index is 468. The third kappa shape index (κ3) is 4.63. The second kappa shape index (κ2) is 7.84. The number of amides is 1. The predicted octanol–water partition coefficient (Wildman–Crippen LogP) is 2.29. The number of nitrogens with one attached hydrogen (secondary N) is 1. The van der Waals surface area contributed by atoms with E-state index in [4.69, 9.17) is 17.3 Å². The van der Waals surface area contributed by atoms with Crippen LogP contribution in [0.25, 0.3) is 0 Å². The fourth-order valence-electron chi connectivity index (χ4n) is 2.36. The van der Waals surface area contributed by atoms with Gasteiger partial charge in [0.25, 0.3) is 0 Å². The highest BCUT2D eigenvalue weighted by Gasteiger charge is 2.22. The number of nitrogens with two attached hydrogens (primary N) is 1. The number of benzene rings is 1. The molecule has 0 bridgehead atoms. The highest BCUT2D eigenvalue weighted by molar-refractivity contribution is 6.33. The Morgan fingerprint density at radius 2 is 2.30 bits per heavy atom. The van der Waals surface area contributed by atoms with Gasteiger partial charge in [0.05, 0.1) is 17.3 Å².